The maximum atomic E-state index is 12.7. The monoisotopic (exact) mass is 373 g/mol. The number of aryl methyl sites for hydroxylation is 1. The molecule has 1 N–H and O–H groups in total. The number of carbonyl (C=O) groups excluding carboxylic acids is 1. The van der Waals surface area contributed by atoms with Crippen LogP contribution in [0.25, 0.3) is 11.3 Å². The first-order valence-corrected chi connectivity index (χ1v) is 9.57. The van der Waals surface area contributed by atoms with Crippen LogP contribution in [0.4, 0.5) is 11.6 Å². The first-order valence-electron chi connectivity index (χ1n) is 9.57. The zero-order chi connectivity index (χ0) is 19.3. The number of benzene rings is 1. The molecule has 1 aliphatic heterocycles. The molecule has 3 heterocycles. The van der Waals surface area contributed by atoms with Gasteiger partial charge in [0.2, 0.25) is 5.91 Å². The van der Waals surface area contributed by atoms with Gasteiger partial charge in [-0.3, -0.25) is 4.79 Å². The van der Waals surface area contributed by atoms with Crippen molar-refractivity contribution < 1.29 is 4.79 Å². The molecule has 6 nitrogen and oxygen atoms in total. The van der Waals surface area contributed by atoms with Crippen LogP contribution in [0.2, 0.25) is 0 Å². The van der Waals surface area contributed by atoms with Crippen LogP contribution in [0.15, 0.2) is 60.8 Å². The van der Waals surface area contributed by atoms with E-state index in [2.05, 4.69) is 25.4 Å². The molecule has 28 heavy (non-hydrogen) atoms. The highest BCUT2D eigenvalue weighted by Gasteiger charge is 2.27. The van der Waals surface area contributed by atoms with Gasteiger partial charge in [-0.1, -0.05) is 36.4 Å². The Morgan fingerprint density at radius 2 is 1.93 bits per heavy atom. The van der Waals surface area contributed by atoms with Crippen LogP contribution in [0, 0.1) is 12.8 Å². The van der Waals surface area contributed by atoms with Gasteiger partial charge in [0, 0.05) is 24.8 Å². The molecule has 1 atom stereocenters. The Balaban J connectivity index is 1.43. The van der Waals surface area contributed by atoms with Gasteiger partial charge in [-0.2, -0.15) is 0 Å². The van der Waals surface area contributed by atoms with Crippen molar-refractivity contribution in [3.05, 3.63) is 66.4 Å². The fraction of sp³-hybridized carbons (Fsp3) is 0.273. The average Bonchev–Trinajstić information content (AvgIpc) is 2.76. The zero-order valence-corrected chi connectivity index (χ0v) is 15.9. The lowest BCUT2D eigenvalue weighted by Gasteiger charge is -2.32. The zero-order valence-electron chi connectivity index (χ0n) is 15.9. The molecule has 1 unspecified atom stereocenters. The van der Waals surface area contributed by atoms with E-state index < -0.39 is 0 Å². The first kappa shape index (κ1) is 18.1. The van der Waals surface area contributed by atoms with Crippen LogP contribution in [-0.4, -0.2) is 34.2 Å². The SMILES string of the molecule is Cc1cccnc1NC(=O)C1CCCN(c2ccc(-c3ccccc3)nn2)C1. The number of piperidine rings is 1. The lowest BCUT2D eigenvalue weighted by molar-refractivity contribution is -0.120. The third-order valence-electron chi connectivity index (χ3n) is 5.09. The number of aromatic nitrogens is 3. The molecule has 0 aliphatic carbocycles. The van der Waals surface area contributed by atoms with Crippen molar-refractivity contribution in [2.45, 2.75) is 19.8 Å². The molecule has 0 spiro atoms. The van der Waals surface area contributed by atoms with E-state index in [0.29, 0.717) is 12.4 Å². The molecule has 0 bridgehead atoms. The van der Waals surface area contributed by atoms with Crippen LogP contribution >= 0.6 is 0 Å². The van der Waals surface area contributed by atoms with Crippen LogP contribution in [0.3, 0.4) is 0 Å². The highest BCUT2D eigenvalue weighted by atomic mass is 16.2. The Kier molecular flexibility index (Phi) is 5.28. The predicted octanol–water partition coefficient (Wildman–Crippen LogP) is 3.70. The smallest absolute Gasteiger partial charge is 0.230 e. The van der Waals surface area contributed by atoms with Crippen molar-refractivity contribution in [1.29, 1.82) is 0 Å². The molecule has 0 saturated carbocycles. The number of pyridine rings is 1. The van der Waals surface area contributed by atoms with Crippen LogP contribution in [0.1, 0.15) is 18.4 Å². The lowest BCUT2D eigenvalue weighted by atomic mass is 9.97. The van der Waals surface area contributed by atoms with E-state index in [-0.39, 0.29) is 11.8 Å². The third kappa shape index (κ3) is 4.01. The second-order valence-corrected chi connectivity index (χ2v) is 7.09. The van der Waals surface area contributed by atoms with Gasteiger partial charge in [0.25, 0.3) is 0 Å². The predicted molar refractivity (Wildman–Crippen MR) is 110 cm³/mol. The molecule has 0 radical (unpaired) electrons. The summed E-state index contributed by atoms with van der Waals surface area (Å²) in [4.78, 5) is 19.1. The van der Waals surface area contributed by atoms with Crippen molar-refractivity contribution >= 4 is 17.5 Å². The van der Waals surface area contributed by atoms with E-state index in [1.165, 1.54) is 0 Å². The highest BCUT2D eigenvalue weighted by molar-refractivity contribution is 5.92. The normalized spacial score (nSPS) is 16.6. The summed E-state index contributed by atoms with van der Waals surface area (Å²) in [6.45, 7) is 3.46. The minimum atomic E-state index is -0.0919. The van der Waals surface area contributed by atoms with Crippen molar-refractivity contribution in [3.63, 3.8) is 0 Å². The van der Waals surface area contributed by atoms with Crippen molar-refractivity contribution in [1.82, 2.24) is 15.2 Å². The summed E-state index contributed by atoms with van der Waals surface area (Å²) >= 11 is 0. The Morgan fingerprint density at radius 3 is 2.68 bits per heavy atom. The number of hydrogen-bond donors (Lipinski definition) is 1. The molecular weight excluding hydrogens is 350 g/mol. The maximum absolute atomic E-state index is 12.7. The number of nitrogens with zero attached hydrogens (tertiary/aromatic N) is 4. The van der Waals surface area contributed by atoms with Crippen LogP contribution in [-0.2, 0) is 4.79 Å². The number of amides is 1. The Labute approximate surface area is 164 Å². The molecule has 1 saturated heterocycles. The number of nitrogens with one attached hydrogen (secondary N) is 1. The molecule has 4 rings (SSSR count). The largest absolute Gasteiger partial charge is 0.354 e. The molecule has 6 heteroatoms. The van der Waals surface area contributed by atoms with Gasteiger partial charge in [0.1, 0.15) is 5.82 Å². The van der Waals surface area contributed by atoms with Gasteiger partial charge in [-0.15, -0.1) is 10.2 Å². The summed E-state index contributed by atoms with van der Waals surface area (Å²) in [5.74, 6) is 1.37. The Bertz CT molecular complexity index is 943. The molecule has 1 amide bonds. The van der Waals surface area contributed by atoms with Gasteiger partial charge in [0.15, 0.2) is 5.82 Å². The number of anilines is 2. The van der Waals surface area contributed by atoms with Crippen LogP contribution in [0.5, 0.6) is 0 Å². The molecule has 1 aliphatic rings. The molecule has 1 aromatic carbocycles. The number of rotatable bonds is 4. The van der Waals surface area contributed by atoms with Gasteiger partial charge in [-0.25, -0.2) is 4.98 Å². The number of hydrogen-bond acceptors (Lipinski definition) is 5. The van der Waals surface area contributed by atoms with Gasteiger partial charge >= 0.3 is 0 Å². The third-order valence-corrected chi connectivity index (χ3v) is 5.09. The van der Waals surface area contributed by atoms with E-state index in [9.17, 15) is 4.79 Å². The molecule has 1 fully saturated rings. The summed E-state index contributed by atoms with van der Waals surface area (Å²) < 4.78 is 0. The minimum Gasteiger partial charge on any atom is -0.354 e. The Hall–Kier alpha value is -3.28. The van der Waals surface area contributed by atoms with Crippen molar-refractivity contribution in [2.75, 3.05) is 23.3 Å². The van der Waals surface area contributed by atoms with E-state index in [0.717, 1.165) is 42.0 Å². The quantitative estimate of drug-likeness (QED) is 0.755. The molecule has 3 aromatic rings. The summed E-state index contributed by atoms with van der Waals surface area (Å²) in [5, 5.41) is 11.7. The standard InChI is InChI=1S/C22H23N5O/c1-16-7-5-13-23-21(16)24-22(28)18-10-6-14-27(15-18)20-12-11-19(25-26-20)17-8-3-2-4-9-17/h2-5,7-9,11-13,18H,6,10,14-15H2,1H3,(H,23,24,28). The lowest BCUT2D eigenvalue weighted by Crippen LogP contribution is -2.41. The molecule has 142 valence electrons. The van der Waals surface area contributed by atoms with Gasteiger partial charge in [-0.05, 0) is 43.5 Å². The maximum Gasteiger partial charge on any atom is 0.230 e. The summed E-state index contributed by atoms with van der Waals surface area (Å²) in [5.41, 5.74) is 2.86. The van der Waals surface area contributed by atoms with Crippen LogP contribution < -0.4 is 10.2 Å². The summed E-state index contributed by atoms with van der Waals surface area (Å²) in [6.07, 6.45) is 3.50. The second kappa shape index (κ2) is 8.17. The minimum absolute atomic E-state index is 0.0142. The fourth-order valence-electron chi connectivity index (χ4n) is 3.49. The molecule has 2 aromatic heterocycles. The van der Waals surface area contributed by atoms with E-state index >= 15 is 0 Å². The van der Waals surface area contributed by atoms with Gasteiger partial charge < -0.3 is 10.2 Å². The highest BCUT2D eigenvalue weighted by Crippen LogP contribution is 2.24. The van der Waals surface area contributed by atoms with E-state index in [4.69, 9.17) is 0 Å². The molecular formula is C22H23N5O. The van der Waals surface area contributed by atoms with Crippen molar-refractivity contribution in [2.24, 2.45) is 5.92 Å². The van der Waals surface area contributed by atoms with E-state index in [1.807, 2.05) is 61.5 Å². The Morgan fingerprint density at radius 1 is 1.07 bits per heavy atom. The number of carbonyl (C=O) groups is 1. The second-order valence-electron chi connectivity index (χ2n) is 7.09. The van der Waals surface area contributed by atoms with Gasteiger partial charge in [0.05, 0.1) is 11.6 Å². The van der Waals surface area contributed by atoms with Crippen molar-refractivity contribution in [3.8, 4) is 11.3 Å². The topological polar surface area (TPSA) is 71.0 Å². The summed E-state index contributed by atoms with van der Waals surface area (Å²) in [7, 11) is 0. The first-order chi connectivity index (χ1) is 13.7. The average molecular weight is 373 g/mol. The van der Waals surface area contributed by atoms with E-state index in [1.54, 1.807) is 6.20 Å². The fourth-order valence-corrected chi connectivity index (χ4v) is 3.49. The summed E-state index contributed by atoms with van der Waals surface area (Å²) in [6, 6.07) is 17.8.